The normalized spacial score (nSPS) is 12.8. The maximum absolute atomic E-state index is 6.46. The molecular weight excluding hydrogens is 615 g/mol. The summed E-state index contributed by atoms with van der Waals surface area (Å²) in [6.07, 6.45) is 0. The lowest BCUT2D eigenvalue weighted by Gasteiger charge is -2.39. The number of nitrogens with zero attached hydrogens (tertiary/aromatic N) is 1. The molecule has 227 valence electrons. The van der Waals surface area contributed by atoms with Gasteiger partial charge in [-0.05, 0) is 93.2 Å². The molecule has 1 aromatic heterocycles. The van der Waals surface area contributed by atoms with Crippen LogP contribution in [-0.4, -0.2) is 7.28 Å². The van der Waals surface area contributed by atoms with Crippen molar-refractivity contribution in [2.24, 2.45) is 0 Å². The van der Waals surface area contributed by atoms with Crippen LogP contribution in [0.25, 0.3) is 52.8 Å². The number of ether oxygens (including phenoxy) is 1. The predicted octanol–water partition coefficient (Wildman–Crippen LogP) is 11.3. The van der Waals surface area contributed by atoms with Crippen molar-refractivity contribution in [3.8, 4) is 22.6 Å². The Morgan fingerprint density at radius 3 is 2.20 bits per heavy atom. The van der Waals surface area contributed by atoms with Crippen molar-refractivity contribution in [1.82, 2.24) is 0 Å². The van der Waals surface area contributed by atoms with Crippen molar-refractivity contribution in [3.63, 3.8) is 0 Å². The Hall–Kier alpha value is -6.04. The smallest absolute Gasteiger partial charge is 0.198 e. The molecule has 2 aliphatic heterocycles. The summed E-state index contributed by atoms with van der Waals surface area (Å²) >= 11 is 1.85. The average molecular weight is 642 g/mol. The summed E-state index contributed by atoms with van der Waals surface area (Å²) in [4.78, 5) is 2.40. The molecule has 0 saturated heterocycles. The van der Waals surface area contributed by atoms with Gasteiger partial charge in [0, 0.05) is 42.8 Å². The molecular formula is C44H26BN2OS. The van der Waals surface area contributed by atoms with Crippen LogP contribution in [-0.2, 0) is 0 Å². The molecule has 8 aromatic carbocycles. The van der Waals surface area contributed by atoms with Crippen LogP contribution in [0.15, 0.2) is 152 Å². The van der Waals surface area contributed by atoms with Crippen LogP contribution in [0.4, 0.5) is 28.4 Å². The molecule has 49 heavy (non-hydrogen) atoms. The molecule has 0 unspecified atom stereocenters. The average Bonchev–Trinajstić information content (AvgIpc) is 3.52. The molecule has 0 spiro atoms. The van der Waals surface area contributed by atoms with Crippen molar-refractivity contribution in [2.75, 3.05) is 10.2 Å². The fourth-order valence-corrected chi connectivity index (χ4v) is 8.92. The molecule has 0 aliphatic carbocycles. The summed E-state index contributed by atoms with van der Waals surface area (Å²) < 4.78 is 9.07. The standard InChI is InChI=1S/C44H26BN2OS/c1-2-11-27-23-35(46-29-20-21-41-32(25-29)31-14-5-8-19-40(31)49-41)33(22-26(27)10-1)42-30-13-4-3-12-28(30)24-37-43(42)45-34-15-9-18-39-44(34)47(37)36-16-6-7-17-38(36)48-39/h1-25,46H. The van der Waals surface area contributed by atoms with Gasteiger partial charge < -0.3 is 15.0 Å². The van der Waals surface area contributed by atoms with E-state index in [1.54, 1.807) is 0 Å². The van der Waals surface area contributed by atoms with Gasteiger partial charge in [0.05, 0.1) is 11.4 Å². The van der Waals surface area contributed by atoms with E-state index in [1.165, 1.54) is 58.3 Å². The third-order valence-electron chi connectivity index (χ3n) is 10.00. The molecule has 5 heteroatoms. The number of anilines is 5. The molecule has 0 bridgehead atoms. The van der Waals surface area contributed by atoms with Gasteiger partial charge in [-0.25, -0.2) is 0 Å². The van der Waals surface area contributed by atoms with Crippen molar-refractivity contribution < 1.29 is 4.74 Å². The lowest BCUT2D eigenvalue weighted by Crippen LogP contribution is -2.42. The zero-order valence-electron chi connectivity index (χ0n) is 26.3. The molecule has 0 saturated carbocycles. The van der Waals surface area contributed by atoms with Gasteiger partial charge in [0.15, 0.2) is 18.8 Å². The topological polar surface area (TPSA) is 24.5 Å². The Balaban J connectivity index is 1.19. The number of hydrogen-bond donors (Lipinski definition) is 1. The number of rotatable bonds is 3. The largest absolute Gasteiger partial charge is 0.453 e. The number of benzene rings is 8. The summed E-state index contributed by atoms with van der Waals surface area (Å²) in [5, 5.41) is 11.3. The van der Waals surface area contributed by atoms with Crippen LogP contribution in [0, 0.1) is 0 Å². The summed E-state index contributed by atoms with van der Waals surface area (Å²) in [7, 11) is 2.35. The highest BCUT2D eigenvalue weighted by molar-refractivity contribution is 7.25. The Morgan fingerprint density at radius 1 is 0.551 bits per heavy atom. The number of hydrogen-bond acceptors (Lipinski definition) is 4. The summed E-state index contributed by atoms with van der Waals surface area (Å²) in [5.41, 5.74) is 10.1. The molecule has 0 fully saturated rings. The van der Waals surface area contributed by atoms with E-state index < -0.39 is 0 Å². The minimum Gasteiger partial charge on any atom is -0.453 e. The van der Waals surface area contributed by atoms with Crippen molar-refractivity contribution in [3.05, 3.63) is 152 Å². The first-order valence-corrected chi connectivity index (χ1v) is 17.4. The van der Waals surface area contributed by atoms with E-state index in [-0.39, 0.29) is 0 Å². The number of fused-ring (bicyclic) bond motifs is 9. The zero-order chi connectivity index (χ0) is 32.1. The Morgan fingerprint density at radius 2 is 1.29 bits per heavy atom. The predicted molar refractivity (Wildman–Crippen MR) is 209 cm³/mol. The SMILES string of the molecule is [B]1c2cccc3c2N(c2ccccc2O3)c2cc3ccccc3c(-c3cc4ccccc4cc3Nc3ccc4sc5ccccc5c4c3)c21. The fraction of sp³-hybridized carbons (Fsp3) is 0. The van der Waals surface area contributed by atoms with Gasteiger partial charge in [-0.2, -0.15) is 0 Å². The Labute approximate surface area is 287 Å². The zero-order valence-corrected chi connectivity index (χ0v) is 27.1. The van der Waals surface area contributed by atoms with E-state index >= 15 is 0 Å². The maximum Gasteiger partial charge on any atom is 0.198 e. The molecule has 3 nitrogen and oxygen atoms in total. The van der Waals surface area contributed by atoms with Crippen LogP contribution >= 0.6 is 11.3 Å². The highest BCUT2D eigenvalue weighted by Crippen LogP contribution is 2.52. The van der Waals surface area contributed by atoms with Crippen molar-refractivity contribution >= 4 is 99.7 Å². The summed E-state index contributed by atoms with van der Waals surface area (Å²) in [6, 6.07) is 54.6. The Kier molecular flexibility index (Phi) is 5.63. The number of para-hydroxylation sites is 3. The van der Waals surface area contributed by atoms with Crippen LogP contribution in [0.1, 0.15) is 0 Å². The molecule has 3 heterocycles. The van der Waals surface area contributed by atoms with Gasteiger partial charge >= 0.3 is 0 Å². The lowest BCUT2D eigenvalue weighted by atomic mass is 9.57. The molecule has 1 radical (unpaired) electrons. The third kappa shape index (κ3) is 4.03. The molecule has 0 amide bonds. The van der Waals surface area contributed by atoms with E-state index in [2.05, 4.69) is 163 Å². The minimum absolute atomic E-state index is 0.860. The monoisotopic (exact) mass is 641 g/mol. The van der Waals surface area contributed by atoms with Gasteiger partial charge in [0.2, 0.25) is 0 Å². The van der Waals surface area contributed by atoms with Gasteiger partial charge in [0.25, 0.3) is 0 Å². The van der Waals surface area contributed by atoms with E-state index in [1.807, 2.05) is 17.4 Å². The first-order valence-electron chi connectivity index (χ1n) is 16.6. The van der Waals surface area contributed by atoms with Crippen LogP contribution in [0.3, 0.4) is 0 Å². The van der Waals surface area contributed by atoms with Crippen molar-refractivity contribution in [1.29, 1.82) is 0 Å². The van der Waals surface area contributed by atoms with Gasteiger partial charge in [-0.3, -0.25) is 0 Å². The third-order valence-corrected chi connectivity index (χ3v) is 11.2. The van der Waals surface area contributed by atoms with Crippen LogP contribution < -0.4 is 25.9 Å². The second-order valence-electron chi connectivity index (χ2n) is 12.8. The molecule has 11 rings (SSSR count). The maximum atomic E-state index is 6.46. The van der Waals surface area contributed by atoms with Crippen LogP contribution in [0.5, 0.6) is 11.5 Å². The van der Waals surface area contributed by atoms with E-state index in [0.717, 1.165) is 45.4 Å². The quantitative estimate of drug-likeness (QED) is 0.194. The highest BCUT2D eigenvalue weighted by Gasteiger charge is 2.35. The van der Waals surface area contributed by atoms with E-state index in [0.29, 0.717) is 0 Å². The molecule has 9 aromatic rings. The fourth-order valence-electron chi connectivity index (χ4n) is 7.83. The summed E-state index contributed by atoms with van der Waals surface area (Å²) in [5.74, 6) is 1.73. The highest BCUT2D eigenvalue weighted by atomic mass is 32.1. The van der Waals surface area contributed by atoms with Gasteiger partial charge in [-0.1, -0.05) is 96.5 Å². The summed E-state index contributed by atoms with van der Waals surface area (Å²) in [6.45, 7) is 0. The molecule has 0 atom stereocenters. The van der Waals surface area contributed by atoms with Gasteiger partial charge in [-0.15, -0.1) is 11.3 Å². The van der Waals surface area contributed by atoms with Gasteiger partial charge in [0.1, 0.15) is 0 Å². The minimum atomic E-state index is 0.860. The van der Waals surface area contributed by atoms with E-state index in [4.69, 9.17) is 4.74 Å². The van der Waals surface area contributed by atoms with Crippen LogP contribution in [0.2, 0.25) is 0 Å². The second-order valence-corrected chi connectivity index (χ2v) is 13.9. The Bertz CT molecular complexity index is 2840. The second kappa shape index (κ2) is 10.2. The number of thiophene rings is 1. The van der Waals surface area contributed by atoms with Crippen molar-refractivity contribution in [2.45, 2.75) is 0 Å². The first kappa shape index (κ1) is 27.0. The first-order chi connectivity index (χ1) is 24.3. The van der Waals surface area contributed by atoms with E-state index in [9.17, 15) is 0 Å². The number of nitrogens with one attached hydrogen (secondary N) is 1. The molecule has 2 aliphatic rings. The lowest BCUT2D eigenvalue weighted by molar-refractivity contribution is 0.477. The molecule has 1 N–H and O–H groups in total.